The van der Waals surface area contributed by atoms with Crippen LogP contribution in [0, 0.1) is 0 Å². The van der Waals surface area contributed by atoms with E-state index in [1.165, 1.54) is 11.1 Å². The van der Waals surface area contributed by atoms with E-state index in [9.17, 15) is 0 Å². The average Bonchev–Trinajstić information content (AvgIpc) is 3.20. The van der Waals surface area contributed by atoms with Gasteiger partial charge in [0.15, 0.2) is 5.96 Å². The molecule has 0 spiro atoms. The zero-order chi connectivity index (χ0) is 15.1. The summed E-state index contributed by atoms with van der Waals surface area (Å²) in [6.45, 7) is 3.60. The maximum atomic E-state index is 5.93. The monoisotopic (exact) mass is 300 g/mol. The third-order valence-corrected chi connectivity index (χ3v) is 4.51. The first kappa shape index (κ1) is 13.4. The molecule has 1 aromatic rings. The molecule has 4 heterocycles. The number of nitrogens with two attached hydrogens (primary N) is 1. The molecular weight excluding hydrogens is 280 g/mol. The van der Waals surface area contributed by atoms with Crippen molar-refractivity contribution in [1.29, 1.82) is 0 Å². The Morgan fingerprint density at radius 3 is 3.09 bits per heavy atom. The van der Waals surface area contributed by atoms with Crippen LogP contribution in [0.1, 0.15) is 25.5 Å². The van der Waals surface area contributed by atoms with Crippen LogP contribution in [0.25, 0.3) is 5.57 Å². The molecule has 0 amide bonds. The molecule has 7 nitrogen and oxygen atoms in total. The number of allylic oxidation sites excluding steroid dienone is 2. The van der Waals surface area contributed by atoms with E-state index in [1.807, 2.05) is 6.07 Å². The molecule has 1 unspecified atom stereocenters. The number of aromatic amines is 1. The molecule has 116 valence electrons. The summed E-state index contributed by atoms with van der Waals surface area (Å²) in [6.07, 6.45) is 5.79. The van der Waals surface area contributed by atoms with Crippen LogP contribution < -0.4 is 11.1 Å². The van der Waals surface area contributed by atoms with Crippen LogP contribution in [-0.2, 0) is 4.74 Å². The van der Waals surface area contributed by atoms with Crippen molar-refractivity contribution in [2.24, 2.45) is 10.7 Å². The summed E-state index contributed by atoms with van der Waals surface area (Å²) >= 11 is 0. The van der Waals surface area contributed by atoms with E-state index in [2.05, 4.69) is 38.5 Å². The van der Waals surface area contributed by atoms with Crippen LogP contribution in [0.2, 0.25) is 0 Å². The van der Waals surface area contributed by atoms with Crippen LogP contribution >= 0.6 is 0 Å². The van der Waals surface area contributed by atoms with E-state index < -0.39 is 0 Å². The van der Waals surface area contributed by atoms with E-state index >= 15 is 0 Å². The van der Waals surface area contributed by atoms with Gasteiger partial charge < -0.3 is 20.7 Å². The first-order valence-electron chi connectivity index (χ1n) is 7.58. The highest BCUT2D eigenvalue weighted by atomic mass is 16.5. The molecule has 2 atom stereocenters. The van der Waals surface area contributed by atoms with Crippen LogP contribution in [0.3, 0.4) is 0 Å². The zero-order valence-corrected chi connectivity index (χ0v) is 12.5. The van der Waals surface area contributed by atoms with Crippen molar-refractivity contribution in [3.63, 3.8) is 0 Å². The minimum atomic E-state index is -0.0281. The van der Waals surface area contributed by atoms with Crippen molar-refractivity contribution in [2.75, 3.05) is 13.2 Å². The fourth-order valence-electron chi connectivity index (χ4n) is 3.34. The van der Waals surface area contributed by atoms with Gasteiger partial charge in [0.05, 0.1) is 18.3 Å². The number of hydrogen-bond donors (Lipinski definition) is 3. The van der Waals surface area contributed by atoms with Crippen molar-refractivity contribution < 1.29 is 4.74 Å². The number of fused-ring (bicyclic) bond motifs is 1. The Labute approximate surface area is 128 Å². The topological polar surface area (TPSA) is 91.6 Å². The van der Waals surface area contributed by atoms with Crippen LogP contribution in [0.15, 0.2) is 34.7 Å². The van der Waals surface area contributed by atoms with E-state index in [4.69, 9.17) is 10.5 Å². The van der Waals surface area contributed by atoms with Gasteiger partial charge in [0.2, 0.25) is 0 Å². The van der Waals surface area contributed by atoms with Gasteiger partial charge in [-0.3, -0.25) is 5.10 Å². The van der Waals surface area contributed by atoms with Crippen molar-refractivity contribution in [2.45, 2.75) is 32.0 Å². The largest absolute Gasteiger partial charge is 0.379 e. The van der Waals surface area contributed by atoms with Crippen LogP contribution in [0.5, 0.6) is 0 Å². The van der Waals surface area contributed by atoms with Gasteiger partial charge in [0.1, 0.15) is 6.17 Å². The normalized spacial score (nSPS) is 28.1. The molecule has 0 radical (unpaired) electrons. The van der Waals surface area contributed by atoms with Crippen LogP contribution in [0.4, 0.5) is 0 Å². The van der Waals surface area contributed by atoms with Gasteiger partial charge in [-0.15, -0.1) is 0 Å². The summed E-state index contributed by atoms with van der Waals surface area (Å²) in [6, 6.07) is 2.33. The lowest BCUT2D eigenvalue weighted by Gasteiger charge is -2.40. The molecule has 1 aromatic heterocycles. The molecule has 7 heteroatoms. The molecule has 1 fully saturated rings. The lowest BCUT2D eigenvalue weighted by atomic mass is 9.93. The second-order valence-electron chi connectivity index (χ2n) is 5.93. The number of nitrogens with zero attached hydrogens (tertiary/aromatic N) is 3. The van der Waals surface area contributed by atoms with Gasteiger partial charge in [-0.2, -0.15) is 5.10 Å². The number of H-pyrrole nitrogens is 1. The Bertz CT molecular complexity index is 654. The Balaban J connectivity index is 1.77. The fourth-order valence-corrected chi connectivity index (χ4v) is 3.34. The molecule has 0 aromatic carbocycles. The molecule has 22 heavy (non-hydrogen) atoms. The van der Waals surface area contributed by atoms with Crippen molar-refractivity contribution in [3.05, 3.63) is 35.4 Å². The molecular formula is C15H20N6O. The summed E-state index contributed by atoms with van der Waals surface area (Å²) < 4.78 is 5.57. The van der Waals surface area contributed by atoms with Gasteiger partial charge >= 0.3 is 0 Å². The third kappa shape index (κ3) is 2.18. The molecule has 4 rings (SSSR count). The predicted molar refractivity (Wildman–Crippen MR) is 83.5 cm³/mol. The number of rotatable bonds is 2. The van der Waals surface area contributed by atoms with E-state index in [0.29, 0.717) is 12.0 Å². The smallest absolute Gasteiger partial charge is 0.195 e. The summed E-state index contributed by atoms with van der Waals surface area (Å²) in [5.74, 6) is 0.480. The maximum absolute atomic E-state index is 5.93. The SMILES string of the molecule is CC1=C2CC(c3ccn[nH]3)=CN([C@H]3CCOC3)C2N=C(N)N1. The molecule has 0 bridgehead atoms. The number of guanidine groups is 1. The quantitative estimate of drug-likeness (QED) is 0.750. The fraction of sp³-hybridized carbons (Fsp3) is 0.467. The Kier molecular flexibility index (Phi) is 3.15. The molecule has 0 saturated carbocycles. The Hall–Kier alpha value is -2.28. The van der Waals surface area contributed by atoms with Crippen LogP contribution in [-0.4, -0.2) is 46.5 Å². The van der Waals surface area contributed by atoms with E-state index in [-0.39, 0.29) is 6.17 Å². The second kappa shape index (κ2) is 5.17. The number of aromatic nitrogens is 2. The Morgan fingerprint density at radius 2 is 2.36 bits per heavy atom. The van der Waals surface area contributed by atoms with E-state index in [1.54, 1.807) is 6.20 Å². The lowest BCUT2D eigenvalue weighted by molar-refractivity contribution is 0.154. The van der Waals surface area contributed by atoms with Gasteiger partial charge in [-0.25, -0.2) is 4.99 Å². The Morgan fingerprint density at radius 1 is 1.45 bits per heavy atom. The van der Waals surface area contributed by atoms with Crippen molar-refractivity contribution >= 4 is 11.5 Å². The summed E-state index contributed by atoms with van der Waals surface area (Å²) in [4.78, 5) is 6.91. The molecule has 3 aliphatic heterocycles. The van der Waals surface area contributed by atoms with Gasteiger partial charge in [-0.05, 0) is 30.6 Å². The second-order valence-corrected chi connectivity index (χ2v) is 5.93. The highest BCUT2D eigenvalue weighted by Gasteiger charge is 2.36. The third-order valence-electron chi connectivity index (χ3n) is 4.51. The standard InChI is InChI=1S/C15H20N6O/c1-9-12-6-10(13-2-4-17-20-13)7-21(11-3-5-22-8-11)14(12)19-15(16)18-9/h2,4,7,11,14H,3,5-6,8H2,1H3,(H,17,20)(H3,16,18,19)/t11-,14?/m0/s1. The lowest BCUT2D eigenvalue weighted by Crippen LogP contribution is -2.48. The minimum Gasteiger partial charge on any atom is -0.379 e. The number of hydrogen-bond acceptors (Lipinski definition) is 6. The number of ether oxygens (including phenoxy) is 1. The summed E-state index contributed by atoms with van der Waals surface area (Å²) in [5, 5.41) is 10.3. The molecule has 0 aliphatic carbocycles. The zero-order valence-electron chi connectivity index (χ0n) is 12.5. The van der Waals surface area contributed by atoms with Gasteiger partial charge in [0.25, 0.3) is 0 Å². The highest BCUT2D eigenvalue weighted by Crippen LogP contribution is 2.36. The summed E-state index contributed by atoms with van der Waals surface area (Å²) in [7, 11) is 0. The van der Waals surface area contributed by atoms with Gasteiger partial charge in [-0.1, -0.05) is 0 Å². The first-order chi connectivity index (χ1) is 10.7. The van der Waals surface area contributed by atoms with Crippen molar-refractivity contribution in [3.8, 4) is 0 Å². The van der Waals surface area contributed by atoms with Gasteiger partial charge in [0, 0.05) is 31.1 Å². The number of aliphatic imine (C=N–C) groups is 1. The number of nitrogens with one attached hydrogen (secondary N) is 2. The molecule has 3 aliphatic rings. The predicted octanol–water partition coefficient (Wildman–Crippen LogP) is 0.763. The van der Waals surface area contributed by atoms with E-state index in [0.717, 1.165) is 37.4 Å². The first-order valence-corrected chi connectivity index (χ1v) is 7.58. The minimum absolute atomic E-state index is 0.0281. The summed E-state index contributed by atoms with van der Waals surface area (Å²) in [5.41, 5.74) is 10.5. The maximum Gasteiger partial charge on any atom is 0.195 e. The van der Waals surface area contributed by atoms with Crippen molar-refractivity contribution in [1.82, 2.24) is 20.4 Å². The molecule has 1 saturated heterocycles. The molecule has 4 N–H and O–H groups in total. The average molecular weight is 300 g/mol. The highest BCUT2D eigenvalue weighted by molar-refractivity contribution is 5.82.